The van der Waals surface area contributed by atoms with E-state index >= 15 is 0 Å². The lowest BCUT2D eigenvalue weighted by Gasteiger charge is -2.40. The molecule has 0 spiro atoms. The Bertz CT molecular complexity index is 539. The average Bonchev–Trinajstić information content (AvgIpc) is 2.57. The van der Waals surface area contributed by atoms with Crippen molar-refractivity contribution in [2.24, 2.45) is 5.41 Å². The first-order chi connectivity index (χ1) is 10.8. The van der Waals surface area contributed by atoms with Gasteiger partial charge in [0.25, 0.3) is 5.88 Å². The van der Waals surface area contributed by atoms with E-state index in [2.05, 4.69) is 37.7 Å². The maximum atomic E-state index is 6.17. The molecule has 8 heteroatoms. The predicted molar refractivity (Wildman–Crippen MR) is 88.7 cm³/mol. The van der Waals surface area contributed by atoms with Crippen LogP contribution in [0.25, 0.3) is 0 Å². The monoisotopic (exact) mass is 323 g/mol. The lowest BCUT2D eigenvalue weighted by Crippen LogP contribution is -2.48. The number of nitrogens with zero attached hydrogens (tertiary/aromatic N) is 2. The van der Waals surface area contributed by atoms with Crippen molar-refractivity contribution in [3.05, 3.63) is 6.20 Å². The van der Waals surface area contributed by atoms with Crippen molar-refractivity contribution >= 4 is 18.5 Å². The minimum Gasteiger partial charge on any atom is -0.473 e. The number of anilines is 1. The van der Waals surface area contributed by atoms with Crippen molar-refractivity contribution in [2.45, 2.75) is 39.7 Å². The van der Waals surface area contributed by atoms with Crippen LogP contribution in [0.1, 0.15) is 34.1 Å². The van der Waals surface area contributed by atoms with Gasteiger partial charge in [-0.05, 0) is 25.7 Å². The van der Waals surface area contributed by atoms with Gasteiger partial charge in [0.2, 0.25) is 0 Å². The molecule has 0 aromatic carbocycles. The van der Waals surface area contributed by atoms with E-state index in [1.807, 2.05) is 0 Å². The van der Waals surface area contributed by atoms with E-state index in [0.29, 0.717) is 25.4 Å². The van der Waals surface area contributed by atoms with E-state index in [1.54, 1.807) is 13.3 Å². The van der Waals surface area contributed by atoms with Crippen LogP contribution < -0.4 is 16.1 Å². The Balaban J connectivity index is 2.19. The molecule has 1 fully saturated rings. The lowest BCUT2D eigenvalue weighted by atomic mass is 9.73. The maximum absolute atomic E-state index is 6.17. The molecule has 2 heterocycles. The molecule has 23 heavy (non-hydrogen) atoms. The SMILES string of the molecule is COCCOc1nc(B2OCCC(C)(C)C(C)(C)O2)cnc1N. The Labute approximate surface area is 138 Å². The first-order valence-electron chi connectivity index (χ1n) is 7.80. The molecule has 0 bridgehead atoms. The highest BCUT2D eigenvalue weighted by Crippen LogP contribution is 2.39. The molecule has 0 amide bonds. The van der Waals surface area contributed by atoms with Crippen LogP contribution in [0.2, 0.25) is 0 Å². The smallest absolute Gasteiger partial charge is 0.473 e. The Morgan fingerprint density at radius 1 is 1.30 bits per heavy atom. The lowest BCUT2D eigenvalue weighted by molar-refractivity contribution is -0.00995. The molecule has 1 saturated heterocycles. The van der Waals surface area contributed by atoms with Crippen molar-refractivity contribution in [1.82, 2.24) is 9.97 Å². The molecule has 0 radical (unpaired) electrons. The Hall–Kier alpha value is -1.38. The summed E-state index contributed by atoms with van der Waals surface area (Å²) in [5.74, 6) is 0.506. The summed E-state index contributed by atoms with van der Waals surface area (Å²) in [4.78, 5) is 8.54. The maximum Gasteiger partial charge on any atom is 0.515 e. The van der Waals surface area contributed by atoms with E-state index < -0.39 is 7.12 Å². The molecule has 1 aliphatic heterocycles. The summed E-state index contributed by atoms with van der Waals surface area (Å²) in [6.07, 6.45) is 2.47. The number of hydrogen-bond acceptors (Lipinski definition) is 7. The van der Waals surface area contributed by atoms with Crippen molar-refractivity contribution < 1.29 is 18.8 Å². The minimum absolute atomic E-state index is 0.0131. The van der Waals surface area contributed by atoms with Crippen LogP contribution in [0, 0.1) is 5.41 Å². The first kappa shape index (κ1) is 18.0. The minimum atomic E-state index is -0.593. The summed E-state index contributed by atoms with van der Waals surface area (Å²) < 4.78 is 22.5. The molecule has 1 aromatic rings. The molecule has 0 atom stereocenters. The van der Waals surface area contributed by atoms with E-state index in [-0.39, 0.29) is 22.7 Å². The second-order valence-electron chi connectivity index (χ2n) is 6.79. The van der Waals surface area contributed by atoms with E-state index in [4.69, 9.17) is 24.5 Å². The topological polar surface area (TPSA) is 88.7 Å². The zero-order chi connectivity index (χ0) is 17.1. The molecule has 128 valence electrons. The third-order valence-corrected chi connectivity index (χ3v) is 4.58. The van der Waals surface area contributed by atoms with Crippen LogP contribution in [-0.2, 0) is 14.0 Å². The van der Waals surface area contributed by atoms with Crippen LogP contribution in [-0.4, -0.2) is 49.6 Å². The van der Waals surface area contributed by atoms with Crippen LogP contribution in [0.3, 0.4) is 0 Å². The van der Waals surface area contributed by atoms with Gasteiger partial charge in [0, 0.05) is 19.9 Å². The Morgan fingerprint density at radius 3 is 2.74 bits per heavy atom. The van der Waals surface area contributed by atoms with Gasteiger partial charge in [-0.3, -0.25) is 0 Å². The summed E-state index contributed by atoms with van der Waals surface area (Å²) >= 11 is 0. The van der Waals surface area contributed by atoms with Crippen molar-refractivity contribution in [3.63, 3.8) is 0 Å². The molecule has 2 N–H and O–H groups in total. The highest BCUT2D eigenvalue weighted by Gasteiger charge is 2.45. The van der Waals surface area contributed by atoms with Crippen LogP contribution >= 0.6 is 0 Å². The molecular formula is C15H26BN3O4. The molecule has 0 aliphatic carbocycles. The average molecular weight is 323 g/mol. The predicted octanol–water partition coefficient (Wildman–Crippen LogP) is 1.02. The van der Waals surface area contributed by atoms with Crippen molar-refractivity contribution in [3.8, 4) is 5.88 Å². The van der Waals surface area contributed by atoms with Gasteiger partial charge < -0.3 is 24.5 Å². The summed E-state index contributed by atoms with van der Waals surface area (Å²) in [5.41, 5.74) is 5.98. The number of nitrogen functional groups attached to an aromatic ring is 1. The Kier molecular flexibility index (Phi) is 5.49. The second-order valence-corrected chi connectivity index (χ2v) is 6.79. The van der Waals surface area contributed by atoms with Gasteiger partial charge in [-0.15, -0.1) is 0 Å². The van der Waals surface area contributed by atoms with Gasteiger partial charge in [-0.1, -0.05) is 13.8 Å². The van der Waals surface area contributed by atoms with E-state index in [9.17, 15) is 0 Å². The highest BCUT2D eigenvalue weighted by atomic mass is 16.6. The fraction of sp³-hybridized carbons (Fsp3) is 0.733. The summed E-state index contributed by atoms with van der Waals surface area (Å²) in [7, 11) is 1.01. The van der Waals surface area contributed by atoms with Gasteiger partial charge in [0.15, 0.2) is 5.82 Å². The zero-order valence-electron chi connectivity index (χ0n) is 14.6. The standard InChI is InChI=1S/C15H26BN3O4/c1-14(2)6-7-22-16(23-15(14,3)4)11-10-18-12(17)13(19-11)21-9-8-20-5/h10H,6-9H2,1-5H3,(H2,17,18). The number of nitrogens with two attached hydrogens (primary N) is 1. The fourth-order valence-corrected chi connectivity index (χ4v) is 2.16. The molecule has 1 aliphatic rings. The van der Waals surface area contributed by atoms with Gasteiger partial charge >= 0.3 is 7.12 Å². The summed E-state index contributed by atoms with van der Waals surface area (Å²) in [6, 6.07) is 0. The quantitative estimate of drug-likeness (QED) is 0.639. The van der Waals surface area contributed by atoms with Gasteiger partial charge in [0.1, 0.15) is 6.61 Å². The summed E-state index contributed by atoms with van der Waals surface area (Å²) in [6.45, 7) is 9.87. The van der Waals surface area contributed by atoms with Gasteiger partial charge in [-0.25, -0.2) is 9.97 Å². The molecule has 1 aromatic heterocycles. The van der Waals surface area contributed by atoms with Crippen LogP contribution in [0.5, 0.6) is 5.88 Å². The Morgan fingerprint density at radius 2 is 2.04 bits per heavy atom. The van der Waals surface area contributed by atoms with Crippen molar-refractivity contribution in [2.75, 3.05) is 32.7 Å². The normalized spacial score (nSPS) is 20.1. The third kappa shape index (κ3) is 4.13. The first-order valence-corrected chi connectivity index (χ1v) is 7.80. The number of hydrogen-bond donors (Lipinski definition) is 1. The second kappa shape index (κ2) is 7.03. The van der Waals surface area contributed by atoms with E-state index in [0.717, 1.165) is 6.42 Å². The summed E-state index contributed by atoms with van der Waals surface area (Å²) in [5, 5.41) is 0. The highest BCUT2D eigenvalue weighted by molar-refractivity contribution is 6.60. The van der Waals surface area contributed by atoms with Crippen LogP contribution in [0.4, 0.5) is 5.82 Å². The fourth-order valence-electron chi connectivity index (χ4n) is 2.16. The van der Waals surface area contributed by atoms with Crippen molar-refractivity contribution in [1.29, 1.82) is 0 Å². The number of rotatable bonds is 5. The third-order valence-electron chi connectivity index (χ3n) is 4.58. The van der Waals surface area contributed by atoms with E-state index in [1.165, 1.54) is 0 Å². The number of methoxy groups -OCH3 is 1. The molecule has 0 saturated carbocycles. The molecule has 7 nitrogen and oxygen atoms in total. The molecule has 2 rings (SSSR count). The van der Waals surface area contributed by atoms with Crippen LogP contribution in [0.15, 0.2) is 6.20 Å². The van der Waals surface area contributed by atoms with Gasteiger partial charge in [-0.2, -0.15) is 0 Å². The molecule has 0 unspecified atom stereocenters. The number of aromatic nitrogens is 2. The van der Waals surface area contributed by atoms with Gasteiger partial charge in [0.05, 0.1) is 17.8 Å². The largest absolute Gasteiger partial charge is 0.515 e. The molecular weight excluding hydrogens is 297 g/mol. The zero-order valence-corrected chi connectivity index (χ0v) is 14.6. The number of ether oxygens (including phenoxy) is 2.